The zero-order valence-electron chi connectivity index (χ0n) is 12.4. The van der Waals surface area contributed by atoms with Crippen LogP contribution in [0, 0.1) is 11.3 Å². The van der Waals surface area contributed by atoms with E-state index in [2.05, 4.69) is 35.8 Å². The maximum absolute atomic E-state index is 9.03. The third-order valence-electron chi connectivity index (χ3n) is 3.41. The van der Waals surface area contributed by atoms with Gasteiger partial charge in [-0.2, -0.15) is 5.26 Å². The van der Waals surface area contributed by atoms with Crippen molar-refractivity contribution in [3.05, 3.63) is 51.7 Å². The van der Waals surface area contributed by atoms with Crippen molar-refractivity contribution in [1.29, 1.82) is 5.26 Å². The van der Waals surface area contributed by atoms with Crippen LogP contribution >= 0.6 is 11.3 Å². The largest absolute Gasteiger partial charge is 0.496 e. The number of benzene rings is 1. The smallest absolute Gasteiger partial charge is 0.123 e. The summed E-state index contributed by atoms with van der Waals surface area (Å²) in [6, 6.07) is 12.3. The van der Waals surface area contributed by atoms with E-state index in [1.54, 1.807) is 24.5 Å². The number of hydrogen-bond donors (Lipinski definition) is 1. The predicted molar refractivity (Wildman–Crippen MR) is 86.5 cm³/mol. The molecule has 1 N–H and O–H groups in total. The Balaban J connectivity index is 2.12. The Morgan fingerprint density at radius 2 is 2.24 bits per heavy atom. The van der Waals surface area contributed by atoms with E-state index in [1.165, 1.54) is 4.88 Å². The van der Waals surface area contributed by atoms with Crippen molar-refractivity contribution in [2.75, 3.05) is 7.11 Å². The first kappa shape index (κ1) is 15.6. The highest BCUT2D eigenvalue weighted by Gasteiger charge is 2.12. The van der Waals surface area contributed by atoms with Gasteiger partial charge in [-0.1, -0.05) is 19.4 Å². The lowest BCUT2D eigenvalue weighted by Crippen LogP contribution is -2.20. The third-order valence-corrected chi connectivity index (χ3v) is 4.40. The molecule has 110 valence electrons. The highest BCUT2D eigenvalue weighted by molar-refractivity contribution is 7.10. The summed E-state index contributed by atoms with van der Waals surface area (Å²) in [5, 5.41) is 14.7. The van der Waals surface area contributed by atoms with Gasteiger partial charge < -0.3 is 10.1 Å². The summed E-state index contributed by atoms with van der Waals surface area (Å²) in [7, 11) is 1.66. The molecule has 0 aliphatic heterocycles. The first-order valence-electron chi connectivity index (χ1n) is 7.12. The number of hydrogen-bond acceptors (Lipinski definition) is 4. The first-order valence-corrected chi connectivity index (χ1v) is 8.00. The van der Waals surface area contributed by atoms with E-state index in [1.807, 2.05) is 12.1 Å². The van der Waals surface area contributed by atoms with E-state index in [0.29, 0.717) is 18.2 Å². The van der Waals surface area contributed by atoms with Crippen molar-refractivity contribution in [3.63, 3.8) is 0 Å². The molecule has 0 saturated carbocycles. The highest BCUT2D eigenvalue weighted by Crippen LogP contribution is 2.25. The van der Waals surface area contributed by atoms with Gasteiger partial charge >= 0.3 is 0 Å². The van der Waals surface area contributed by atoms with Crippen LogP contribution < -0.4 is 10.1 Å². The molecular formula is C17H20N2OS. The molecule has 0 aliphatic rings. The highest BCUT2D eigenvalue weighted by atomic mass is 32.1. The molecular weight excluding hydrogens is 280 g/mol. The van der Waals surface area contributed by atoms with Gasteiger partial charge in [-0.25, -0.2) is 0 Å². The number of nitrogens with one attached hydrogen (secondary N) is 1. The molecule has 0 saturated heterocycles. The zero-order valence-corrected chi connectivity index (χ0v) is 13.2. The molecule has 1 unspecified atom stereocenters. The summed E-state index contributed by atoms with van der Waals surface area (Å²) in [6.45, 7) is 2.89. The Morgan fingerprint density at radius 3 is 2.86 bits per heavy atom. The second-order valence-electron chi connectivity index (χ2n) is 4.88. The van der Waals surface area contributed by atoms with E-state index in [9.17, 15) is 0 Å². The van der Waals surface area contributed by atoms with E-state index in [0.717, 1.165) is 24.2 Å². The summed E-state index contributed by atoms with van der Waals surface area (Å²) in [5.41, 5.74) is 1.69. The summed E-state index contributed by atoms with van der Waals surface area (Å²) in [5.74, 6) is 0.822. The average Bonchev–Trinajstić information content (AvgIpc) is 3.05. The molecule has 2 rings (SSSR count). The lowest BCUT2D eigenvalue weighted by molar-refractivity contribution is 0.404. The minimum absolute atomic E-state index is 0.352. The van der Waals surface area contributed by atoms with Gasteiger partial charge in [-0.15, -0.1) is 11.3 Å². The lowest BCUT2D eigenvalue weighted by Gasteiger charge is -2.18. The second kappa shape index (κ2) is 7.82. The van der Waals surface area contributed by atoms with Gasteiger partial charge in [0.25, 0.3) is 0 Å². The number of nitriles is 1. The summed E-state index contributed by atoms with van der Waals surface area (Å²) in [4.78, 5) is 1.35. The van der Waals surface area contributed by atoms with Crippen molar-refractivity contribution in [2.24, 2.45) is 0 Å². The van der Waals surface area contributed by atoms with Gasteiger partial charge in [-0.3, -0.25) is 0 Å². The van der Waals surface area contributed by atoms with Crippen LogP contribution in [-0.2, 0) is 6.54 Å². The topological polar surface area (TPSA) is 45.0 Å². The summed E-state index contributed by atoms with van der Waals surface area (Å²) in [6.07, 6.45) is 2.23. The normalized spacial score (nSPS) is 11.9. The van der Waals surface area contributed by atoms with Crippen LogP contribution in [0.2, 0.25) is 0 Å². The quantitative estimate of drug-likeness (QED) is 0.831. The molecule has 0 amide bonds. The Morgan fingerprint density at radius 1 is 1.38 bits per heavy atom. The molecule has 0 radical (unpaired) electrons. The van der Waals surface area contributed by atoms with E-state index in [4.69, 9.17) is 10.00 Å². The molecule has 1 atom stereocenters. The number of thiophene rings is 1. The van der Waals surface area contributed by atoms with Gasteiger partial charge in [0.1, 0.15) is 5.75 Å². The minimum Gasteiger partial charge on any atom is -0.496 e. The fraction of sp³-hybridized carbons (Fsp3) is 0.353. The molecule has 1 aromatic heterocycles. The summed E-state index contributed by atoms with van der Waals surface area (Å²) >= 11 is 1.78. The second-order valence-corrected chi connectivity index (χ2v) is 5.86. The van der Waals surface area contributed by atoms with E-state index >= 15 is 0 Å². The molecule has 2 aromatic rings. The molecule has 1 heterocycles. The molecule has 0 aliphatic carbocycles. The number of ether oxygens (including phenoxy) is 1. The number of methoxy groups -OCH3 is 1. The zero-order chi connectivity index (χ0) is 15.1. The van der Waals surface area contributed by atoms with Crippen LogP contribution in [-0.4, -0.2) is 7.11 Å². The molecule has 1 aromatic carbocycles. The van der Waals surface area contributed by atoms with Crippen LogP contribution in [0.3, 0.4) is 0 Å². The number of nitrogens with zero attached hydrogens (tertiary/aromatic N) is 1. The van der Waals surface area contributed by atoms with Gasteiger partial charge in [-0.05, 0) is 36.1 Å². The van der Waals surface area contributed by atoms with Gasteiger partial charge in [0, 0.05) is 23.0 Å². The van der Waals surface area contributed by atoms with Crippen LogP contribution in [0.4, 0.5) is 0 Å². The predicted octanol–water partition coefficient (Wildman–Crippen LogP) is 4.26. The third kappa shape index (κ3) is 4.07. The van der Waals surface area contributed by atoms with Crippen molar-refractivity contribution in [2.45, 2.75) is 32.4 Å². The maximum atomic E-state index is 9.03. The van der Waals surface area contributed by atoms with Crippen LogP contribution in [0.25, 0.3) is 0 Å². The van der Waals surface area contributed by atoms with Crippen molar-refractivity contribution in [1.82, 2.24) is 5.32 Å². The molecule has 4 heteroatoms. The van der Waals surface area contributed by atoms with Gasteiger partial charge in [0.15, 0.2) is 0 Å². The van der Waals surface area contributed by atoms with Crippen LogP contribution in [0.15, 0.2) is 35.7 Å². The van der Waals surface area contributed by atoms with E-state index < -0.39 is 0 Å². The maximum Gasteiger partial charge on any atom is 0.123 e. The van der Waals surface area contributed by atoms with Crippen molar-refractivity contribution >= 4 is 11.3 Å². The molecule has 21 heavy (non-hydrogen) atoms. The molecule has 0 bridgehead atoms. The fourth-order valence-electron chi connectivity index (χ4n) is 2.34. The van der Waals surface area contributed by atoms with Gasteiger partial charge in [0.05, 0.1) is 18.7 Å². The number of rotatable bonds is 7. The van der Waals surface area contributed by atoms with E-state index in [-0.39, 0.29) is 0 Å². The Hall–Kier alpha value is -1.83. The minimum atomic E-state index is 0.352. The molecule has 3 nitrogen and oxygen atoms in total. The fourth-order valence-corrected chi connectivity index (χ4v) is 3.18. The first-order chi connectivity index (χ1) is 10.3. The van der Waals surface area contributed by atoms with Crippen LogP contribution in [0.1, 0.15) is 41.8 Å². The average molecular weight is 300 g/mol. The van der Waals surface area contributed by atoms with Crippen LogP contribution in [0.5, 0.6) is 5.75 Å². The Bertz CT molecular complexity index is 602. The summed E-state index contributed by atoms with van der Waals surface area (Å²) < 4.78 is 5.38. The molecule has 0 spiro atoms. The van der Waals surface area contributed by atoms with Crippen molar-refractivity contribution in [3.8, 4) is 11.8 Å². The van der Waals surface area contributed by atoms with Crippen molar-refractivity contribution < 1.29 is 4.74 Å². The monoisotopic (exact) mass is 300 g/mol. The SMILES string of the molecule is CCCC(NCc1cc(C#N)ccc1OC)c1cccs1. The lowest BCUT2D eigenvalue weighted by atomic mass is 10.1. The Kier molecular flexibility index (Phi) is 5.79. The molecule has 0 fully saturated rings. The standard InChI is InChI=1S/C17H20N2OS/c1-3-5-15(17-6-4-9-21-17)19-12-14-10-13(11-18)7-8-16(14)20-2/h4,6-10,15,19H,3,5,12H2,1-2H3. The van der Waals surface area contributed by atoms with Gasteiger partial charge in [0.2, 0.25) is 0 Å². The Labute approximate surface area is 130 Å².